The maximum absolute atomic E-state index is 9.79. The van der Waals surface area contributed by atoms with Crippen LogP contribution in [0.1, 0.15) is 13.8 Å². The predicted molar refractivity (Wildman–Crippen MR) is 67.0 cm³/mol. The van der Waals surface area contributed by atoms with Crippen LogP contribution in [-0.4, -0.2) is 58.3 Å². The second-order valence-corrected chi connectivity index (χ2v) is 4.97. The van der Waals surface area contributed by atoms with Gasteiger partial charge in [-0.1, -0.05) is 11.6 Å². The van der Waals surface area contributed by atoms with Crippen molar-refractivity contribution in [1.29, 1.82) is 0 Å². The summed E-state index contributed by atoms with van der Waals surface area (Å²) < 4.78 is 0. The first-order valence-electron chi connectivity index (χ1n) is 5.06. The van der Waals surface area contributed by atoms with E-state index in [2.05, 4.69) is 9.88 Å². The first-order chi connectivity index (χ1) is 6.98. The summed E-state index contributed by atoms with van der Waals surface area (Å²) in [5.74, 6) is 1.12. The Bertz CT molecular complexity index is 361. The molecule has 0 spiro atoms. The maximum atomic E-state index is 9.79. The zero-order valence-corrected chi connectivity index (χ0v) is 12.7. The van der Waals surface area contributed by atoms with Gasteiger partial charge in [-0.2, -0.15) is 0 Å². The molecule has 1 fully saturated rings. The van der Waals surface area contributed by atoms with Crippen molar-refractivity contribution in [3.05, 3.63) is 23.4 Å². The maximum Gasteiger partial charge on any atom is 0.147 e. The van der Waals surface area contributed by atoms with Crippen molar-refractivity contribution in [2.75, 3.05) is 18.0 Å². The number of hydrogen-bond acceptors (Lipinski definition) is 3. The molecule has 1 aliphatic heterocycles. The molecule has 1 saturated heterocycles. The van der Waals surface area contributed by atoms with Crippen molar-refractivity contribution < 1.29 is 5.11 Å². The summed E-state index contributed by atoms with van der Waals surface area (Å²) in [4.78, 5) is 6.32. The van der Waals surface area contributed by atoms with Crippen molar-refractivity contribution in [2.24, 2.45) is 5.92 Å². The number of anilines is 1. The molecule has 0 atom stereocenters. The van der Waals surface area contributed by atoms with Crippen LogP contribution in [0.4, 0.5) is 5.82 Å². The molecule has 1 aromatic rings. The van der Waals surface area contributed by atoms with Crippen LogP contribution in [0.2, 0.25) is 5.02 Å². The van der Waals surface area contributed by atoms with E-state index in [0.717, 1.165) is 18.9 Å². The zero-order chi connectivity index (χ0) is 11.1. The van der Waals surface area contributed by atoms with Crippen molar-refractivity contribution in [1.82, 2.24) is 4.98 Å². The fraction of sp³-hybridized carbons (Fsp3) is 0.545. The van der Waals surface area contributed by atoms with Gasteiger partial charge in [0.15, 0.2) is 0 Å². The third kappa shape index (κ3) is 2.90. The molecule has 1 aliphatic rings. The molecule has 0 bridgehead atoms. The monoisotopic (exact) mass is 249 g/mol. The second kappa shape index (κ2) is 5.23. The summed E-state index contributed by atoms with van der Waals surface area (Å²) >= 11 is 6.03. The minimum absolute atomic E-state index is 0. The Labute approximate surface area is 123 Å². The summed E-state index contributed by atoms with van der Waals surface area (Å²) in [5.41, 5.74) is -0.613. The van der Waals surface area contributed by atoms with Crippen molar-refractivity contribution in [3.8, 4) is 0 Å². The molecule has 1 N–H and O–H groups in total. The number of aliphatic hydroxyl groups is 1. The fourth-order valence-electron chi connectivity index (χ4n) is 1.71. The van der Waals surface area contributed by atoms with Crippen LogP contribution in [0.25, 0.3) is 0 Å². The Hall–Kier alpha value is 0.200. The van der Waals surface area contributed by atoms with E-state index in [1.165, 1.54) is 0 Å². The standard InChI is InChI=1S/C11H15ClN2O.Na/c1-11(2,15)8-6-14(7-8)10-9(12)4-3-5-13-10;/h3-5,8,15H,6-7H2,1-2H3;. The van der Waals surface area contributed by atoms with Crippen molar-refractivity contribution >= 4 is 47.0 Å². The van der Waals surface area contributed by atoms with Crippen LogP contribution in [0.15, 0.2) is 18.3 Å². The molecular formula is C11H15ClN2NaO. The minimum Gasteiger partial charge on any atom is -0.390 e. The SMILES string of the molecule is CC(C)(O)C1CN(c2ncccc2Cl)C1.[Na]. The average Bonchev–Trinajstić information content (AvgIpc) is 2.03. The Kier molecular flexibility index (Phi) is 4.66. The number of halogens is 1. The van der Waals surface area contributed by atoms with Crippen molar-refractivity contribution in [3.63, 3.8) is 0 Å². The van der Waals surface area contributed by atoms with Gasteiger partial charge in [-0.15, -0.1) is 0 Å². The molecule has 1 radical (unpaired) electrons. The van der Waals surface area contributed by atoms with Crippen LogP contribution in [0, 0.1) is 5.92 Å². The largest absolute Gasteiger partial charge is 0.390 e. The first-order valence-corrected chi connectivity index (χ1v) is 5.44. The molecular weight excluding hydrogens is 235 g/mol. The molecule has 3 nitrogen and oxygen atoms in total. The van der Waals surface area contributed by atoms with E-state index in [1.54, 1.807) is 6.20 Å². The smallest absolute Gasteiger partial charge is 0.147 e. The summed E-state index contributed by atoms with van der Waals surface area (Å²) in [7, 11) is 0. The van der Waals surface area contributed by atoms with Crippen LogP contribution in [-0.2, 0) is 0 Å². The van der Waals surface area contributed by atoms with Crippen molar-refractivity contribution in [2.45, 2.75) is 19.4 Å². The van der Waals surface area contributed by atoms with E-state index in [0.29, 0.717) is 10.9 Å². The van der Waals surface area contributed by atoms with Gasteiger partial charge >= 0.3 is 0 Å². The van der Waals surface area contributed by atoms with Crippen LogP contribution >= 0.6 is 11.6 Å². The Morgan fingerprint density at radius 2 is 2.12 bits per heavy atom. The van der Waals surface area contributed by atoms with Gasteiger partial charge in [0.2, 0.25) is 0 Å². The number of hydrogen-bond donors (Lipinski definition) is 1. The normalized spacial score (nSPS) is 16.6. The Morgan fingerprint density at radius 1 is 1.50 bits per heavy atom. The van der Waals surface area contributed by atoms with Crippen LogP contribution in [0.5, 0.6) is 0 Å². The van der Waals surface area contributed by atoms with E-state index < -0.39 is 5.60 Å². The molecule has 2 rings (SSSR count). The van der Waals surface area contributed by atoms with E-state index >= 15 is 0 Å². The third-order valence-corrected chi connectivity index (χ3v) is 3.21. The molecule has 1 aromatic heterocycles. The molecule has 5 heteroatoms. The van der Waals surface area contributed by atoms with Gasteiger partial charge in [-0.05, 0) is 26.0 Å². The Balaban J connectivity index is 0.00000128. The zero-order valence-electron chi connectivity index (χ0n) is 9.94. The Morgan fingerprint density at radius 3 is 2.62 bits per heavy atom. The van der Waals surface area contributed by atoms with Gasteiger partial charge in [-0.3, -0.25) is 0 Å². The number of rotatable bonds is 2. The van der Waals surface area contributed by atoms with Gasteiger partial charge < -0.3 is 10.0 Å². The number of nitrogens with zero attached hydrogens (tertiary/aromatic N) is 2. The average molecular weight is 250 g/mol. The number of aromatic nitrogens is 1. The van der Waals surface area contributed by atoms with Crippen LogP contribution in [0.3, 0.4) is 0 Å². The van der Waals surface area contributed by atoms with E-state index in [1.807, 2.05) is 26.0 Å². The molecule has 83 valence electrons. The summed E-state index contributed by atoms with van der Waals surface area (Å²) in [6.45, 7) is 5.32. The number of pyridine rings is 1. The molecule has 0 unspecified atom stereocenters. The topological polar surface area (TPSA) is 36.4 Å². The van der Waals surface area contributed by atoms with Gasteiger partial charge in [0, 0.05) is 54.8 Å². The molecule has 16 heavy (non-hydrogen) atoms. The van der Waals surface area contributed by atoms with Gasteiger partial charge in [0.05, 0.1) is 10.6 Å². The molecule has 0 aliphatic carbocycles. The minimum atomic E-state index is -0.613. The second-order valence-electron chi connectivity index (χ2n) is 4.56. The van der Waals surface area contributed by atoms with Gasteiger partial charge in [0.1, 0.15) is 5.82 Å². The van der Waals surface area contributed by atoms with E-state index in [-0.39, 0.29) is 29.6 Å². The molecule has 2 heterocycles. The summed E-state index contributed by atoms with van der Waals surface area (Å²) in [6, 6.07) is 3.65. The van der Waals surface area contributed by atoms with Crippen LogP contribution < -0.4 is 4.90 Å². The molecule has 0 amide bonds. The van der Waals surface area contributed by atoms with Gasteiger partial charge in [0.25, 0.3) is 0 Å². The molecule has 0 aromatic carbocycles. The summed E-state index contributed by atoms with van der Waals surface area (Å²) in [6.07, 6.45) is 1.73. The predicted octanol–water partition coefficient (Wildman–Crippen LogP) is 1.56. The van der Waals surface area contributed by atoms with Gasteiger partial charge in [-0.25, -0.2) is 4.98 Å². The molecule has 0 saturated carbocycles. The summed E-state index contributed by atoms with van der Waals surface area (Å²) in [5, 5.41) is 10.5. The third-order valence-electron chi connectivity index (χ3n) is 2.92. The quantitative estimate of drug-likeness (QED) is 0.809. The van der Waals surface area contributed by atoms with E-state index in [4.69, 9.17) is 11.6 Å². The van der Waals surface area contributed by atoms with E-state index in [9.17, 15) is 5.11 Å². The first kappa shape index (κ1) is 14.3. The fourth-order valence-corrected chi connectivity index (χ4v) is 1.95.